The van der Waals surface area contributed by atoms with Gasteiger partial charge in [-0.05, 0) is 34.5 Å². The van der Waals surface area contributed by atoms with Gasteiger partial charge in [-0.15, -0.1) is 0 Å². The van der Waals surface area contributed by atoms with E-state index in [1.807, 2.05) is 24.3 Å². The smallest absolute Gasteiger partial charge is 0.144 e. The van der Waals surface area contributed by atoms with Crippen LogP contribution in [0.3, 0.4) is 0 Å². The van der Waals surface area contributed by atoms with Crippen LogP contribution in [0.5, 0.6) is 0 Å². The average molecular weight is 346 g/mol. The zero-order chi connectivity index (χ0) is 14.7. The highest BCUT2D eigenvalue weighted by molar-refractivity contribution is 9.10. The van der Waals surface area contributed by atoms with Gasteiger partial charge in [0.05, 0.1) is 21.9 Å². The molecule has 2 N–H and O–H groups in total. The lowest BCUT2D eigenvalue weighted by atomic mass is 10.3. The van der Waals surface area contributed by atoms with E-state index in [0.29, 0.717) is 6.42 Å². The second-order valence-corrected chi connectivity index (χ2v) is 5.64. The summed E-state index contributed by atoms with van der Waals surface area (Å²) in [6.45, 7) is 3.01. The van der Waals surface area contributed by atoms with Crippen molar-refractivity contribution in [2.75, 3.05) is 11.9 Å². The second-order valence-electron chi connectivity index (χ2n) is 4.79. The average Bonchev–Trinajstić information content (AvgIpc) is 2.90. The number of nitrogens with zero attached hydrogens (tertiary/aromatic N) is 3. The molecule has 0 aliphatic carbocycles. The minimum atomic E-state index is 0.586. The summed E-state index contributed by atoms with van der Waals surface area (Å²) in [7, 11) is 0. The van der Waals surface area contributed by atoms with Crippen molar-refractivity contribution >= 4 is 32.8 Å². The van der Waals surface area contributed by atoms with Crippen LogP contribution in [0, 0.1) is 0 Å². The third-order valence-electron chi connectivity index (χ3n) is 3.10. The van der Waals surface area contributed by atoms with Crippen LogP contribution in [0.15, 0.2) is 34.9 Å². The third-order valence-corrected chi connectivity index (χ3v) is 3.68. The summed E-state index contributed by atoms with van der Waals surface area (Å²) < 4.78 is 0.879. The zero-order valence-corrected chi connectivity index (χ0v) is 13.3. The molecule has 2 aromatic heterocycles. The van der Waals surface area contributed by atoms with Crippen LogP contribution in [-0.4, -0.2) is 26.5 Å². The van der Waals surface area contributed by atoms with E-state index >= 15 is 0 Å². The Labute approximate surface area is 131 Å². The summed E-state index contributed by atoms with van der Waals surface area (Å²) in [5, 5.41) is 3.29. The molecule has 2 heterocycles. The number of hydrogen-bond acceptors (Lipinski definition) is 4. The van der Waals surface area contributed by atoms with E-state index in [0.717, 1.165) is 45.9 Å². The molecule has 0 spiro atoms. The Kier molecular flexibility index (Phi) is 4.15. The van der Waals surface area contributed by atoms with Crippen molar-refractivity contribution in [2.45, 2.75) is 19.8 Å². The number of aromatic amines is 1. The fraction of sp³-hybridized carbons (Fsp3) is 0.267. The molecule has 0 unspecified atom stereocenters. The number of para-hydroxylation sites is 2. The Balaban J connectivity index is 1.83. The number of benzene rings is 1. The first-order chi connectivity index (χ1) is 10.3. The van der Waals surface area contributed by atoms with Crippen molar-refractivity contribution in [3.63, 3.8) is 0 Å². The second kappa shape index (κ2) is 6.22. The minimum absolute atomic E-state index is 0.586. The van der Waals surface area contributed by atoms with Crippen LogP contribution in [0.1, 0.15) is 25.0 Å². The van der Waals surface area contributed by atoms with E-state index in [2.05, 4.69) is 48.1 Å². The van der Waals surface area contributed by atoms with Gasteiger partial charge in [-0.3, -0.25) is 0 Å². The van der Waals surface area contributed by atoms with Crippen molar-refractivity contribution in [3.8, 4) is 0 Å². The van der Waals surface area contributed by atoms with Gasteiger partial charge in [-0.2, -0.15) is 0 Å². The maximum atomic E-state index is 4.55. The Hall–Kier alpha value is -1.95. The number of H-pyrrole nitrogens is 1. The van der Waals surface area contributed by atoms with Crippen molar-refractivity contribution < 1.29 is 0 Å². The van der Waals surface area contributed by atoms with E-state index in [9.17, 15) is 0 Å². The molecule has 6 heteroatoms. The van der Waals surface area contributed by atoms with Gasteiger partial charge in [0.15, 0.2) is 0 Å². The SMILES string of the molecule is CCCNc1nc(Cc2nc3ccccc3[nH]2)ncc1Br. The van der Waals surface area contributed by atoms with Gasteiger partial charge < -0.3 is 10.3 Å². The summed E-state index contributed by atoms with van der Waals surface area (Å²) in [6, 6.07) is 7.98. The molecular formula is C15H16BrN5. The highest BCUT2D eigenvalue weighted by Gasteiger charge is 2.08. The Morgan fingerprint density at radius 3 is 2.90 bits per heavy atom. The normalized spacial score (nSPS) is 11.0. The van der Waals surface area contributed by atoms with Crippen molar-refractivity contribution in [1.82, 2.24) is 19.9 Å². The maximum absolute atomic E-state index is 4.55. The molecule has 0 atom stereocenters. The molecule has 21 heavy (non-hydrogen) atoms. The maximum Gasteiger partial charge on any atom is 0.144 e. The Morgan fingerprint density at radius 1 is 1.24 bits per heavy atom. The molecule has 108 valence electrons. The van der Waals surface area contributed by atoms with E-state index < -0.39 is 0 Å². The highest BCUT2D eigenvalue weighted by atomic mass is 79.9. The summed E-state index contributed by atoms with van der Waals surface area (Å²) in [5.74, 6) is 2.45. The number of anilines is 1. The summed E-state index contributed by atoms with van der Waals surface area (Å²) in [5.41, 5.74) is 2.00. The van der Waals surface area contributed by atoms with Crippen LogP contribution in [-0.2, 0) is 6.42 Å². The number of hydrogen-bond donors (Lipinski definition) is 2. The quantitative estimate of drug-likeness (QED) is 0.742. The zero-order valence-electron chi connectivity index (χ0n) is 11.7. The number of imidazole rings is 1. The van der Waals surface area contributed by atoms with Crippen molar-refractivity contribution in [1.29, 1.82) is 0 Å². The van der Waals surface area contributed by atoms with Gasteiger partial charge in [0, 0.05) is 12.7 Å². The Morgan fingerprint density at radius 2 is 2.10 bits per heavy atom. The van der Waals surface area contributed by atoms with Gasteiger partial charge >= 0.3 is 0 Å². The van der Waals surface area contributed by atoms with E-state index in [-0.39, 0.29) is 0 Å². The van der Waals surface area contributed by atoms with Crippen molar-refractivity contribution in [3.05, 3.63) is 46.6 Å². The lowest BCUT2D eigenvalue weighted by Gasteiger charge is -2.07. The molecule has 0 aliphatic rings. The van der Waals surface area contributed by atoms with Crippen LogP contribution < -0.4 is 5.32 Å². The molecule has 0 amide bonds. The van der Waals surface area contributed by atoms with E-state index in [1.165, 1.54) is 0 Å². The summed E-state index contributed by atoms with van der Waals surface area (Å²) in [6.07, 6.45) is 3.42. The molecule has 3 rings (SSSR count). The first-order valence-corrected chi connectivity index (χ1v) is 7.74. The standard InChI is InChI=1S/C15H16BrN5/c1-2-7-17-15-10(16)9-18-13(21-15)8-14-19-11-5-3-4-6-12(11)20-14/h3-6,9H,2,7-8H2,1H3,(H,19,20)(H,17,18,21). The van der Waals surface area contributed by atoms with Gasteiger partial charge in [-0.1, -0.05) is 19.1 Å². The number of nitrogens with one attached hydrogen (secondary N) is 2. The predicted octanol–water partition coefficient (Wildman–Crippen LogP) is 3.53. The van der Waals surface area contributed by atoms with E-state index in [1.54, 1.807) is 6.20 Å². The van der Waals surface area contributed by atoms with Crippen molar-refractivity contribution in [2.24, 2.45) is 0 Å². The molecule has 5 nitrogen and oxygen atoms in total. The molecule has 0 saturated carbocycles. The van der Waals surface area contributed by atoms with Gasteiger partial charge in [0.25, 0.3) is 0 Å². The largest absolute Gasteiger partial charge is 0.369 e. The summed E-state index contributed by atoms with van der Waals surface area (Å²) >= 11 is 3.46. The number of aromatic nitrogens is 4. The molecule has 3 aromatic rings. The van der Waals surface area contributed by atoms with Gasteiger partial charge in [0.2, 0.25) is 0 Å². The Bertz CT molecular complexity index is 720. The van der Waals surface area contributed by atoms with Crippen LogP contribution in [0.2, 0.25) is 0 Å². The number of halogens is 1. The fourth-order valence-corrected chi connectivity index (χ4v) is 2.43. The summed E-state index contributed by atoms with van der Waals surface area (Å²) in [4.78, 5) is 16.8. The molecular weight excluding hydrogens is 330 g/mol. The molecule has 0 saturated heterocycles. The lowest BCUT2D eigenvalue weighted by Crippen LogP contribution is -2.06. The van der Waals surface area contributed by atoms with Crippen LogP contribution in [0.25, 0.3) is 11.0 Å². The van der Waals surface area contributed by atoms with Crippen LogP contribution >= 0.6 is 15.9 Å². The monoisotopic (exact) mass is 345 g/mol. The minimum Gasteiger partial charge on any atom is -0.369 e. The van der Waals surface area contributed by atoms with Crippen LogP contribution in [0.4, 0.5) is 5.82 Å². The molecule has 0 fully saturated rings. The molecule has 0 aliphatic heterocycles. The molecule has 0 bridgehead atoms. The van der Waals surface area contributed by atoms with E-state index in [4.69, 9.17) is 0 Å². The third kappa shape index (κ3) is 3.21. The number of rotatable bonds is 5. The van der Waals surface area contributed by atoms with Gasteiger partial charge in [0.1, 0.15) is 17.5 Å². The highest BCUT2D eigenvalue weighted by Crippen LogP contribution is 2.19. The fourth-order valence-electron chi connectivity index (χ4n) is 2.10. The first-order valence-electron chi connectivity index (χ1n) is 6.95. The predicted molar refractivity (Wildman–Crippen MR) is 87.4 cm³/mol. The van der Waals surface area contributed by atoms with Gasteiger partial charge in [-0.25, -0.2) is 15.0 Å². The molecule has 0 radical (unpaired) electrons. The number of fused-ring (bicyclic) bond motifs is 1. The molecule has 1 aromatic carbocycles. The first kappa shape index (κ1) is 14.0. The lowest BCUT2D eigenvalue weighted by molar-refractivity contribution is 0.899. The topological polar surface area (TPSA) is 66.5 Å².